The zero-order chi connectivity index (χ0) is 26.0. The molecule has 0 bridgehead atoms. The van der Waals surface area contributed by atoms with Gasteiger partial charge in [0.15, 0.2) is 5.69 Å². The summed E-state index contributed by atoms with van der Waals surface area (Å²) in [4.78, 5) is 17.3. The van der Waals surface area contributed by atoms with Gasteiger partial charge in [0.05, 0.1) is 12.0 Å². The Kier molecular flexibility index (Phi) is 7.46. The Hall–Kier alpha value is -3.25. The molecule has 0 aliphatic carbocycles. The fourth-order valence-electron chi connectivity index (χ4n) is 4.34. The number of rotatable bonds is 8. The van der Waals surface area contributed by atoms with Gasteiger partial charge in [-0.1, -0.05) is 48.4 Å². The van der Waals surface area contributed by atoms with Gasteiger partial charge in [-0.15, -0.1) is 0 Å². The first-order valence-corrected chi connectivity index (χ1v) is 11.7. The first-order chi connectivity index (χ1) is 17.0. The van der Waals surface area contributed by atoms with Gasteiger partial charge in [0.25, 0.3) is 5.89 Å². The lowest BCUT2D eigenvalue weighted by atomic mass is 9.97. The molecule has 1 aliphatic heterocycles. The highest BCUT2D eigenvalue weighted by Gasteiger charge is 2.42. The van der Waals surface area contributed by atoms with Crippen molar-refractivity contribution in [1.82, 2.24) is 20.2 Å². The molecule has 2 aromatic heterocycles. The van der Waals surface area contributed by atoms with Crippen molar-refractivity contribution in [2.24, 2.45) is 11.8 Å². The number of carboxylic acids is 1. The Balaban J connectivity index is 1.49. The summed E-state index contributed by atoms with van der Waals surface area (Å²) in [5.41, 5.74) is -0.490. The SMILES string of the molecule is CC(C)Cc1onc(-c2nc(-c3ccc(C(O)CN4CCCC(C(=O)O)C4)cc3)no2)c1C(F)(F)F. The minimum Gasteiger partial charge on any atom is -0.481 e. The highest BCUT2D eigenvalue weighted by molar-refractivity contribution is 5.70. The minimum atomic E-state index is -4.70. The van der Waals surface area contributed by atoms with E-state index in [9.17, 15) is 28.2 Å². The van der Waals surface area contributed by atoms with Crippen LogP contribution in [0.4, 0.5) is 13.2 Å². The van der Waals surface area contributed by atoms with E-state index in [4.69, 9.17) is 9.05 Å². The molecule has 3 aromatic rings. The van der Waals surface area contributed by atoms with Crippen LogP contribution in [0.5, 0.6) is 0 Å². The largest absolute Gasteiger partial charge is 0.481 e. The number of β-amino-alcohol motifs (C(OH)–C–C–N with tert-alkyl or cyclic N) is 1. The number of aromatic nitrogens is 3. The van der Waals surface area contributed by atoms with Crippen LogP contribution in [0.1, 0.15) is 49.7 Å². The maximum Gasteiger partial charge on any atom is 0.422 e. The lowest BCUT2D eigenvalue weighted by Crippen LogP contribution is -2.40. The third kappa shape index (κ3) is 5.76. The number of likely N-dealkylation sites (tertiary alicyclic amines) is 1. The second-order valence-electron chi connectivity index (χ2n) is 9.42. The van der Waals surface area contributed by atoms with Crippen LogP contribution in [0.3, 0.4) is 0 Å². The molecule has 1 saturated heterocycles. The van der Waals surface area contributed by atoms with Gasteiger partial charge in [-0.2, -0.15) is 18.2 Å². The molecule has 194 valence electrons. The molecular weight excluding hydrogens is 481 g/mol. The normalized spacial score (nSPS) is 18.0. The summed E-state index contributed by atoms with van der Waals surface area (Å²) in [7, 11) is 0. The van der Waals surface area contributed by atoms with E-state index in [-0.39, 0.29) is 23.9 Å². The molecule has 3 heterocycles. The van der Waals surface area contributed by atoms with Gasteiger partial charge in [0, 0.05) is 25.1 Å². The number of aliphatic hydroxyl groups is 1. The number of nitrogens with zero attached hydrogens (tertiary/aromatic N) is 4. The minimum absolute atomic E-state index is 0.0566. The van der Waals surface area contributed by atoms with Crippen LogP contribution in [0.2, 0.25) is 0 Å². The second-order valence-corrected chi connectivity index (χ2v) is 9.42. The summed E-state index contributed by atoms with van der Waals surface area (Å²) in [6.07, 6.45) is -4.10. The van der Waals surface area contributed by atoms with E-state index in [0.717, 1.165) is 6.42 Å². The number of aliphatic hydroxyl groups excluding tert-OH is 1. The molecule has 0 radical (unpaired) electrons. The van der Waals surface area contributed by atoms with Gasteiger partial charge in [0.2, 0.25) is 5.82 Å². The van der Waals surface area contributed by atoms with Gasteiger partial charge in [-0.25, -0.2) is 0 Å². The van der Waals surface area contributed by atoms with Crippen LogP contribution in [-0.4, -0.2) is 56.0 Å². The number of hydrogen-bond donors (Lipinski definition) is 2. The van der Waals surface area contributed by atoms with Crippen LogP contribution in [0, 0.1) is 11.8 Å². The van der Waals surface area contributed by atoms with Gasteiger partial charge in [-0.3, -0.25) is 9.69 Å². The average molecular weight is 508 g/mol. The molecular formula is C24H27F3N4O5. The van der Waals surface area contributed by atoms with E-state index in [1.165, 1.54) is 0 Å². The van der Waals surface area contributed by atoms with Gasteiger partial charge in [-0.05, 0) is 30.9 Å². The van der Waals surface area contributed by atoms with Crippen LogP contribution < -0.4 is 0 Å². The molecule has 2 atom stereocenters. The molecule has 2 N–H and O–H groups in total. The van der Waals surface area contributed by atoms with Gasteiger partial charge >= 0.3 is 12.1 Å². The van der Waals surface area contributed by atoms with Crippen LogP contribution in [0.15, 0.2) is 33.3 Å². The maximum atomic E-state index is 13.7. The predicted octanol–water partition coefficient (Wildman–Crippen LogP) is 4.44. The molecule has 1 aliphatic rings. The van der Waals surface area contributed by atoms with Crippen molar-refractivity contribution in [3.63, 3.8) is 0 Å². The van der Waals surface area contributed by atoms with E-state index in [2.05, 4.69) is 15.3 Å². The van der Waals surface area contributed by atoms with Crippen molar-refractivity contribution in [1.29, 1.82) is 0 Å². The lowest BCUT2D eigenvalue weighted by molar-refractivity contribution is -0.144. The fraction of sp³-hybridized carbons (Fsp3) is 0.500. The van der Waals surface area contributed by atoms with E-state index in [0.29, 0.717) is 37.2 Å². The Morgan fingerprint density at radius 1 is 1.19 bits per heavy atom. The Bertz CT molecular complexity index is 1190. The summed E-state index contributed by atoms with van der Waals surface area (Å²) in [5, 5.41) is 27.2. The highest BCUT2D eigenvalue weighted by atomic mass is 19.4. The van der Waals surface area contributed by atoms with Crippen molar-refractivity contribution in [2.45, 2.75) is 45.4 Å². The molecule has 4 rings (SSSR count). The van der Waals surface area contributed by atoms with Crippen LogP contribution in [-0.2, 0) is 17.4 Å². The second kappa shape index (κ2) is 10.4. The number of piperidine rings is 1. The number of halogens is 3. The maximum absolute atomic E-state index is 13.7. The molecule has 12 heteroatoms. The summed E-state index contributed by atoms with van der Waals surface area (Å²) in [6, 6.07) is 6.57. The van der Waals surface area contributed by atoms with Crippen molar-refractivity contribution in [3.05, 3.63) is 41.2 Å². The first kappa shape index (κ1) is 25.8. The molecule has 0 saturated carbocycles. The lowest BCUT2D eigenvalue weighted by Gasteiger charge is -2.32. The molecule has 0 amide bonds. The molecule has 1 aromatic carbocycles. The molecule has 2 unspecified atom stereocenters. The Morgan fingerprint density at radius 2 is 1.92 bits per heavy atom. The summed E-state index contributed by atoms with van der Waals surface area (Å²) >= 11 is 0. The monoisotopic (exact) mass is 508 g/mol. The summed E-state index contributed by atoms with van der Waals surface area (Å²) in [6.45, 7) is 4.93. The van der Waals surface area contributed by atoms with Crippen molar-refractivity contribution >= 4 is 5.97 Å². The average Bonchev–Trinajstić information content (AvgIpc) is 3.46. The van der Waals surface area contributed by atoms with Crippen molar-refractivity contribution in [2.75, 3.05) is 19.6 Å². The van der Waals surface area contributed by atoms with Crippen LogP contribution in [0.25, 0.3) is 23.0 Å². The molecule has 36 heavy (non-hydrogen) atoms. The number of carboxylic acid groups (broad SMARTS) is 1. The zero-order valence-corrected chi connectivity index (χ0v) is 19.8. The number of alkyl halides is 3. The smallest absolute Gasteiger partial charge is 0.422 e. The summed E-state index contributed by atoms with van der Waals surface area (Å²) < 4.78 is 51.2. The zero-order valence-electron chi connectivity index (χ0n) is 19.8. The third-order valence-electron chi connectivity index (χ3n) is 6.11. The molecule has 0 spiro atoms. The molecule has 9 nitrogen and oxygen atoms in total. The topological polar surface area (TPSA) is 126 Å². The van der Waals surface area contributed by atoms with Gasteiger partial charge in [0.1, 0.15) is 11.3 Å². The standard InChI is InChI=1S/C24H27F3N4O5/c1-13(2)10-18-19(24(25,26)27)20(29-35-18)22-28-21(30-36-22)15-7-5-14(6-8-15)17(32)12-31-9-3-4-16(11-31)23(33)34/h5-8,13,16-17,32H,3-4,9-12H2,1-2H3,(H,33,34). The quantitative estimate of drug-likeness (QED) is 0.454. The molecule has 1 fully saturated rings. The number of aliphatic carboxylic acids is 1. The van der Waals surface area contributed by atoms with E-state index < -0.39 is 41.3 Å². The third-order valence-corrected chi connectivity index (χ3v) is 6.11. The predicted molar refractivity (Wildman–Crippen MR) is 121 cm³/mol. The number of carbonyl (C=O) groups is 1. The Morgan fingerprint density at radius 3 is 2.56 bits per heavy atom. The van der Waals surface area contributed by atoms with Crippen LogP contribution >= 0.6 is 0 Å². The van der Waals surface area contributed by atoms with Crippen molar-refractivity contribution in [3.8, 4) is 23.0 Å². The Labute approximate surface area is 204 Å². The fourth-order valence-corrected chi connectivity index (χ4v) is 4.34. The number of hydrogen-bond acceptors (Lipinski definition) is 8. The highest BCUT2D eigenvalue weighted by Crippen LogP contribution is 2.40. The number of benzene rings is 1. The van der Waals surface area contributed by atoms with E-state index >= 15 is 0 Å². The van der Waals surface area contributed by atoms with E-state index in [1.807, 2.05) is 4.90 Å². The van der Waals surface area contributed by atoms with Crippen molar-refractivity contribution < 1.29 is 37.2 Å². The summed E-state index contributed by atoms with van der Waals surface area (Å²) in [5.74, 6) is -1.97. The van der Waals surface area contributed by atoms with Gasteiger partial charge < -0.3 is 19.3 Å². The first-order valence-electron chi connectivity index (χ1n) is 11.7. The van der Waals surface area contributed by atoms with E-state index in [1.54, 1.807) is 38.1 Å².